The zero-order valence-corrected chi connectivity index (χ0v) is 11.2. The van der Waals surface area contributed by atoms with Crippen molar-refractivity contribution >= 4 is 20.1 Å². The molecule has 0 spiro atoms. The molecule has 0 bridgehead atoms. The Bertz CT molecular complexity index is 372. The second-order valence-electron chi connectivity index (χ2n) is 4.13. The summed E-state index contributed by atoms with van der Waals surface area (Å²) in [4.78, 5) is 0. The molecule has 1 aromatic carbocycles. The van der Waals surface area contributed by atoms with Gasteiger partial charge in [-0.1, -0.05) is 0 Å². The average molecular weight is 304 g/mol. The SMILES string of the molecule is FC(F)(F)c1ccccc1[As]C1CCNCC1. The molecule has 0 unspecified atom stereocenters. The number of halogens is 3. The Labute approximate surface area is 105 Å². The van der Waals surface area contributed by atoms with Gasteiger partial charge in [0.2, 0.25) is 0 Å². The van der Waals surface area contributed by atoms with E-state index in [2.05, 4.69) is 5.32 Å². The van der Waals surface area contributed by atoms with Gasteiger partial charge in [-0.15, -0.1) is 0 Å². The molecule has 1 N–H and O–H groups in total. The second-order valence-corrected chi connectivity index (χ2v) is 7.21. The van der Waals surface area contributed by atoms with Crippen molar-refractivity contribution in [2.45, 2.75) is 23.7 Å². The van der Waals surface area contributed by atoms with Gasteiger partial charge in [-0.25, -0.2) is 0 Å². The maximum absolute atomic E-state index is 12.8. The van der Waals surface area contributed by atoms with Gasteiger partial charge >= 0.3 is 105 Å². The Morgan fingerprint density at radius 2 is 1.76 bits per heavy atom. The predicted molar refractivity (Wildman–Crippen MR) is 62.7 cm³/mol. The summed E-state index contributed by atoms with van der Waals surface area (Å²) in [5.74, 6) is 0. The quantitative estimate of drug-likeness (QED) is 0.826. The van der Waals surface area contributed by atoms with Gasteiger partial charge in [-0.05, 0) is 0 Å². The normalized spacial score (nSPS) is 19.0. The average Bonchev–Trinajstić information content (AvgIpc) is 2.30. The van der Waals surface area contributed by atoms with Gasteiger partial charge in [0.05, 0.1) is 0 Å². The summed E-state index contributed by atoms with van der Waals surface area (Å²) in [7, 11) is 0. The van der Waals surface area contributed by atoms with E-state index in [1.54, 1.807) is 12.1 Å². The minimum atomic E-state index is -4.21. The van der Waals surface area contributed by atoms with Gasteiger partial charge in [0, 0.05) is 0 Å². The fraction of sp³-hybridized carbons (Fsp3) is 0.500. The summed E-state index contributed by atoms with van der Waals surface area (Å²) in [6.45, 7) is 1.88. The molecule has 0 saturated carbocycles. The monoisotopic (exact) mass is 304 g/mol. The number of benzene rings is 1. The standard InChI is InChI=1S/C12H14AsF3N/c14-12(15,16)10-3-1-2-4-11(10)13-9-5-7-17-8-6-9/h1-4,9,17H,5-8H2. The fourth-order valence-corrected chi connectivity index (χ4v) is 4.94. The Hall–Kier alpha value is -0.472. The molecule has 1 aromatic rings. The van der Waals surface area contributed by atoms with Crippen LogP contribution in [0.1, 0.15) is 18.4 Å². The number of rotatable bonds is 2. The van der Waals surface area contributed by atoms with Crippen molar-refractivity contribution in [2.75, 3.05) is 13.1 Å². The van der Waals surface area contributed by atoms with Crippen LogP contribution in [0.4, 0.5) is 13.2 Å². The first-order valence-corrected chi connectivity index (χ1v) is 7.67. The van der Waals surface area contributed by atoms with Crippen LogP contribution in [0, 0.1) is 0 Å². The van der Waals surface area contributed by atoms with Crippen LogP contribution in [0.15, 0.2) is 24.3 Å². The van der Waals surface area contributed by atoms with Crippen LogP contribution in [0.25, 0.3) is 0 Å². The third-order valence-electron chi connectivity index (χ3n) is 2.84. The van der Waals surface area contributed by atoms with E-state index in [1.807, 2.05) is 0 Å². The number of hydrogen-bond donors (Lipinski definition) is 1. The molecule has 2 rings (SSSR count). The third-order valence-corrected chi connectivity index (χ3v) is 6.09. The van der Waals surface area contributed by atoms with Gasteiger partial charge in [0.1, 0.15) is 0 Å². The third kappa shape index (κ3) is 3.49. The van der Waals surface area contributed by atoms with Crippen molar-refractivity contribution in [3.05, 3.63) is 29.8 Å². The van der Waals surface area contributed by atoms with E-state index < -0.39 is 11.7 Å². The molecule has 0 amide bonds. The Balaban J connectivity index is 2.14. The summed E-state index contributed by atoms with van der Waals surface area (Å²) in [6, 6.07) is 6.02. The molecule has 0 aliphatic carbocycles. The van der Waals surface area contributed by atoms with Gasteiger partial charge < -0.3 is 0 Å². The van der Waals surface area contributed by atoms with Crippen LogP contribution >= 0.6 is 0 Å². The van der Waals surface area contributed by atoms with Gasteiger partial charge in [0.25, 0.3) is 0 Å². The topological polar surface area (TPSA) is 12.0 Å². The van der Waals surface area contributed by atoms with Crippen molar-refractivity contribution < 1.29 is 13.2 Å². The van der Waals surface area contributed by atoms with E-state index in [0.717, 1.165) is 25.9 Å². The zero-order chi connectivity index (χ0) is 12.3. The number of piperidine rings is 1. The molecule has 93 valence electrons. The summed E-state index contributed by atoms with van der Waals surface area (Å²) in [5.41, 5.74) is -0.432. The zero-order valence-electron chi connectivity index (χ0n) is 9.30. The first kappa shape index (κ1) is 13.0. The molecular weight excluding hydrogens is 290 g/mol. The summed E-state index contributed by atoms with van der Waals surface area (Å²) < 4.78 is 39.4. The van der Waals surface area contributed by atoms with E-state index in [4.69, 9.17) is 0 Å². The van der Waals surface area contributed by atoms with E-state index in [-0.39, 0.29) is 15.8 Å². The van der Waals surface area contributed by atoms with Gasteiger partial charge in [-0.2, -0.15) is 0 Å². The molecule has 1 saturated heterocycles. The van der Waals surface area contributed by atoms with E-state index in [0.29, 0.717) is 9.06 Å². The van der Waals surface area contributed by atoms with Crippen LogP contribution in [0.2, 0.25) is 4.71 Å². The van der Waals surface area contributed by atoms with Crippen LogP contribution < -0.4 is 9.67 Å². The predicted octanol–water partition coefficient (Wildman–Crippen LogP) is 2.21. The Morgan fingerprint density at radius 3 is 2.41 bits per heavy atom. The Morgan fingerprint density at radius 1 is 1.12 bits per heavy atom. The number of alkyl halides is 3. The van der Waals surface area contributed by atoms with Crippen molar-refractivity contribution in [3.8, 4) is 0 Å². The molecule has 0 atom stereocenters. The molecule has 0 aromatic heterocycles. The van der Waals surface area contributed by atoms with Gasteiger partial charge in [0.15, 0.2) is 0 Å². The molecule has 1 heterocycles. The van der Waals surface area contributed by atoms with Crippen LogP contribution in [0.3, 0.4) is 0 Å². The van der Waals surface area contributed by atoms with Crippen LogP contribution in [-0.2, 0) is 6.18 Å². The van der Waals surface area contributed by atoms with Crippen molar-refractivity contribution in [1.82, 2.24) is 5.32 Å². The van der Waals surface area contributed by atoms with E-state index >= 15 is 0 Å². The summed E-state index contributed by atoms with van der Waals surface area (Å²) in [6.07, 6.45) is -2.20. The minimum absolute atomic E-state index is 0.382. The van der Waals surface area contributed by atoms with Gasteiger partial charge in [-0.3, -0.25) is 0 Å². The summed E-state index contributed by atoms with van der Waals surface area (Å²) in [5, 5.41) is 3.24. The van der Waals surface area contributed by atoms with Crippen molar-refractivity contribution in [1.29, 1.82) is 0 Å². The first-order chi connectivity index (χ1) is 8.07. The maximum atomic E-state index is 12.8. The molecule has 17 heavy (non-hydrogen) atoms. The molecule has 1 fully saturated rings. The van der Waals surface area contributed by atoms with Crippen LogP contribution in [-0.4, -0.2) is 28.8 Å². The molecule has 1 radical (unpaired) electrons. The van der Waals surface area contributed by atoms with Crippen molar-refractivity contribution in [3.63, 3.8) is 0 Å². The number of nitrogens with one attached hydrogen (secondary N) is 1. The van der Waals surface area contributed by atoms with Crippen molar-refractivity contribution in [2.24, 2.45) is 0 Å². The summed E-state index contributed by atoms with van der Waals surface area (Å²) >= 11 is -0.382. The molecule has 1 nitrogen and oxygen atoms in total. The van der Waals surface area contributed by atoms with E-state index in [9.17, 15) is 13.2 Å². The molecule has 1 aliphatic rings. The molecule has 1 aliphatic heterocycles. The Kier molecular flexibility index (Phi) is 4.16. The molecule has 5 heteroatoms. The number of hydrogen-bond acceptors (Lipinski definition) is 1. The molecular formula is C12H14AsF3N. The first-order valence-electron chi connectivity index (χ1n) is 5.65. The van der Waals surface area contributed by atoms with Crippen LogP contribution in [0.5, 0.6) is 0 Å². The second kappa shape index (κ2) is 5.45. The fourth-order valence-electron chi connectivity index (χ4n) is 1.96. The van der Waals surface area contributed by atoms with E-state index in [1.165, 1.54) is 12.1 Å².